The average Bonchev–Trinajstić information content (AvgIpc) is 2.94. The molecular weight excluding hydrogens is 401 g/mol. The number of thiophene rings is 1. The monoisotopic (exact) mass is 407 g/mol. The third-order valence-electron chi connectivity index (χ3n) is 2.52. The van der Waals surface area contributed by atoms with E-state index in [1.54, 1.807) is 20.5 Å². The minimum absolute atomic E-state index is 0.286. The summed E-state index contributed by atoms with van der Waals surface area (Å²) in [7, 11) is 1.56. The van der Waals surface area contributed by atoms with E-state index in [9.17, 15) is 0 Å². The van der Waals surface area contributed by atoms with Crippen molar-refractivity contribution >= 4 is 64.3 Å². The number of fused-ring (bicyclic) bond motifs is 1. The summed E-state index contributed by atoms with van der Waals surface area (Å²) in [4.78, 5) is 9.79. The quantitative estimate of drug-likeness (QED) is 0.444. The first kappa shape index (κ1) is 12.7. The SMILES string of the molecule is Cc1csc(-c2nc(Cl)nc3c2ccn3SI)c1. The predicted molar refractivity (Wildman–Crippen MR) is 87.6 cm³/mol. The van der Waals surface area contributed by atoms with E-state index in [2.05, 4.69) is 49.5 Å². The number of aryl methyl sites for hydroxylation is 1. The van der Waals surface area contributed by atoms with Crippen molar-refractivity contribution in [1.29, 1.82) is 0 Å². The highest BCUT2D eigenvalue weighted by atomic mass is 127. The molecule has 0 aliphatic rings. The zero-order valence-corrected chi connectivity index (χ0v) is 13.8. The molecule has 3 aromatic rings. The Bertz CT molecular complexity index is 722. The molecule has 0 aliphatic carbocycles. The number of hydrogen-bond acceptors (Lipinski definition) is 4. The fourth-order valence-electron chi connectivity index (χ4n) is 1.76. The summed E-state index contributed by atoms with van der Waals surface area (Å²) >= 11 is 9.92. The molecule has 3 nitrogen and oxygen atoms in total. The van der Waals surface area contributed by atoms with Gasteiger partial charge in [-0.2, -0.15) is 4.98 Å². The number of nitrogens with zero attached hydrogens (tertiary/aromatic N) is 3. The largest absolute Gasteiger partial charge is 0.266 e. The molecule has 0 saturated heterocycles. The lowest BCUT2D eigenvalue weighted by Gasteiger charge is -2.02. The van der Waals surface area contributed by atoms with Gasteiger partial charge in [0, 0.05) is 41.9 Å². The highest BCUT2D eigenvalue weighted by Gasteiger charge is 2.13. The van der Waals surface area contributed by atoms with E-state index < -0.39 is 0 Å². The highest BCUT2D eigenvalue weighted by molar-refractivity contribution is 14.2. The second-order valence-electron chi connectivity index (χ2n) is 3.78. The van der Waals surface area contributed by atoms with Gasteiger partial charge in [0.1, 0.15) is 0 Å². The van der Waals surface area contributed by atoms with Crippen LogP contribution >= 0.6 is 53.3 Å². The Labute approximate surface area is 129 Å². The summed E-state index contributed by atoms with van der Waals surface area (Å²) in [6, 6.07) is 4.15. The molecule has 0 aliphatic heterocycles. The molecule has 0 amide bonds. The van der Waals surface area contributed by atoms with Gasteiger partial charge in [0.05, 0.1) is 10.6 Å². The van der Waals surface area contributed by atoms with E-state index in [0.29, 0.717) is 0 Å². The van der Waals surface area contributed by atoms with Crippen molar-refractivity contribution in [2.75, 3.05) is 0 Å². The standard InChI is InChI=1S/C11H7ClIN3S2/c1-6-4-8(17-5-6)9-7-2-3-16(18-13)10(7)15-11(12)14-9/h2-5H,1H3. The van der Waals surface area contributed by atoms with E-state index in [4.69, 9.17) is 11.6 Å². The summed E-state index contributed by atoms with van der Waals surface area (Å²) < 4.78 is 1.98. The molecule has 0 aromatic carbocycles. The van der Waals surface area contributed by atoms with Crippen molar-refractivity contribution in [3.05, 3.63) is 34.6 Å². The molecule has 92 valence electrons. The maximum Gasteiger partial charge on any atom is 0.225 e. The van der Waals surface area contributed by atoms with Crippen molar-refractivity contribution in [1.82, 2.24) is 13.9 Å². The lowest BCUT2D eigenvalue weighted by Crippen LogP contribution is -1.90. The first-order chi connectivity index (χ1) is 8.69. The van der Waals surface area contributed by atoms with E-state index in [1.165, 1.54) is 5.56 Å². The molecule has 3 aromatic heterocycles. The van der Waals surface area contributed by atoms with Gasteiger partial charge in [-0.25, -0.2) is 4.98 Å². The summed E-state index contributed by atoms with van der Waals surface area (Å²) in [5.74, 6) is 0. The van der Waals surface area contributed by atoms with Crippen LogP contribution in [0.15, 0.2) is 23.7 Å². The van der Waals surface area contributed by atoms with Crippen LogP contribution in [0.4, 0.5) is 0 Å². The number of halogens is 2. The smallest absolute Gasteiger partial charge is 0.225 e. The second-order valence-corrected chi connectivity index (χ2v) is 6.74. The lowest BCUT2D eigenvalue weighted by molar-refractivity contribution is 1.19. The van der Waals surface area contributed by atoms with E-state index in [1.807, 2.05) is 16.2 Å². The summed E-state index contributed by atoms with van der Waals surface area (Å²) in [5.41, 5.74) is 3.00. The molecular formula is C11H7ClIN3S2. The van der Waals surface area contributed by atoms with Crippen molar-refractivity contribution in [3.63, 3.8) is 0 Å². The third kappa shape index (κ3) is 2.15. The zero-order valence-electron chi connectivity index (χ0n) is 9.22. The zero-order chi connectivity index (χ0) is 12.7. The van der Waals surface area contributed by atoms with Gasteiger partial charge < -0.3 is 0 Å². The lowest BCUT2D eigenvalue weighted by atomic mass is 10.2. The van der Waals surface area contributed by atoms with Gasteiger partial charge in [-0.15, -0.1) is 11.3 Å². The molecule has 7 heteroatoms. The molecule has 0 atom stereocenters. The predicted octanol–water partition coefficient (Wildman–Crippen LogP) is 4.97. The molecule has 3 heterocycles. The van der Waals surface area contributed by atoms with Gasteiger partial charge >= 0.3 is 0 Å². The van der Waals surface area contributed by atoms with Gasteiger partial charge in [0.25, 0.3) is 0 Å². The van der Waals surface area contributed by atoms with Gasteiger partial charge in [0.15, 0.2) is 5.65 Å². The summed E-state index contributed by atoms with van der Waals surface area (Å²) in [5, 5.41) is 3.43. The van der Waals surface area contributed by atoms with Crippen LogP contribution in [0.1, 0.15) is 5.56 Å². The van der Waals surface area contributed by atoms with E-state index in [0.717, 1.165) is 21.6 Å². The van der Waals surface area contributed by atoms with Crippen LogP contribution in [0.25, 0.3) is 21.6 Å². The Hall–Kier alpha value is -0.310. The van der Waals surface area contributed by atoms with Gasteiger partial charge in [-0.05, 0) is 41.6 Å². The van der Waals surface area contributed by atoms with Crippen molar-refractivity contribution in [3.8, 4) is 10.6 Å². The Morgan fingerprint density at radius 1 is 1.44 bits per heavy atom. The molecule has 0 fully saturated rings. The first-order valence-electron chi connectivity index (χ1n) is 5.08. The maximum atomic E-state index is 6.02. The molecule has 0 unspecified atom stereocenters. The highest BCUT2D eigenvalue weighted by Crippen LogP contribution is 2.34. The van der Waals surface area contributed by atoms with Crippen LogP contribution in [0.3, 0.4) is 0 Å². The summed E-state index contributed by atoms with van der Waals surface area (Å²) in [6.45, 7) is 2.08. The van der Waals surface area contributed by atoms with Crippen LogP contribution in [0, 0.1) is 6.92 Å². The van der Waals surface area contributed by atoms with Crippen LogP contribution in [-0.2, 0) is 0 Å². The molecule has 3 rings (SSSR count). The van der Waals surface area contributed by atoms with Gasteiger partial charge in [-0.1, -0.05) is 0 Å². The molecule has 0 saturated carbocycles. The van der Waals surface area contributed by atoms with Crippen molar-refractivity contribution in [2.45, 2.75) is 6.92 Å². The van der Waals surface area contributed by atoms with Gasteiger partial charge in [-0.3, -0.25) is 3.97 Å². The van der Waals surface area contributed by atoms with Crippen LogP contribution in [-0.4, -0.2) is 13.9 Å². The Balaban J connectivity index is 2.31. The van der Waals surface area contributed by atoms with Crippen molar-refractivity contribution in [2.24, 2.45) is 0 Å². The number of aromatic nitrogens is 3. The van der Waals surface area contributed by atoms with Crippen LogP contribution in [0.5, 0.6) is 0 Å². The fourth-order valence-corrected chi connectivity index (χ4v) is 4.10. The molecule has 0 radical (unpaired) electrons. The molecule has 0 N–H and O–H groups in total. The average molecular weight is 408 g/mol. The summed E-state index contributed by atoms with van der Waals surface area (Å²) in [6.07, 6.45) is 1.98. The first-order valence-corrected chi connectivity index (χ1v) is 9.65. The van der Waals surface area contributed by atoms with E-state index >= 15 is 0 Å². The minimum atomic E-state index is 0.286. The number of rotatable bonds is 2. The van der Waals surface area contributed by atoms with Crippen LogP contribution in [0.2, 0.25) is 5.28 Å². The fraction of sp³-hybridized carbons (Fsp3) is 0.0909. The van der Waals surface area contributed by atoms with Crippen molar-refractivity contribution < 1.29 is 0 Å². The minimum Gasteiger partial charge on any atom is -0.266 e. The molecule has 0 spiro atoms. The van der Waals surface area contributed by atoms with Gasteiger partial charge in [0.2, 0.25) is 5.28 Å². The Morgan fingerprint density at radius 2 is 2.28 bits per heavy atom. The second kappa shape index (κ2) is 4.99. The number of hydrogen-bond donors (Lipinski definition) is 0. The third-order valence-corrected chi connectivity index (χ3v) is 5.46. The van der Waals surface area contributed by atoms with Crippen LogP contribution < -0.4 is 0 Å². The molecule has 18 heavy (non-hydrogen) atoms. The topological polar surface area (TPSA) is 30.7 Å². The normalized spacial score (nSPS) is 11.3. The van der Waals surface area contributed by atoms with E-state index in [-0.39, 0.29) is 5.28 Å². The Kier molecular flexibility index (Phi) is 3.52. The Morgan fingerprint density at radius 3 is 2.94 bits per heavy atom. The molecule has 0 bridgehead atoms. The maximum absolute atomic E-state index is 6.02.